The molecule has 0 bridgehead atoms. The van der Waals surface area contributed by atoms with Crippen molar-refractivity contribution in [2.75, 3.05) is 13.1 Å². The van der Waals surface area contributed by atoms with Gasteiger partial charge >= 0.3 is 5.76 Å². The lowest BCUT2D eigenvalue weighted by molar-refractivity contribution is 0.0790. The van der Waals surface area contributed by atoms with Gasteiger partial charge in [0, 0.05) is 34.8 Å². The van der Waals surface area contributed by atoms with Crippen LogP contribution in [-0.4, -0.2) is 44.9 Å². The molecule has 2 heterocycles. The zero-order valence-electron chi connectivity index (χ0n) is 16.7. The highest BCUT2D eigenvalue weighted by atomic mass is 35.5. The van der Waals surface area contributed by atoms with Gasteiger partial charge in [-0.25, -0.2) is 13.8 Å². The summed E-state index contributed by atoms with van der Waals surface area (Å²) in [6.07, 6.45) is 1.06. The second kappa shape index (κ2) is 8.12. The van der Waals surface area contributed by atoms with Crippen LogP contribution in [0, 0.1) is 5.82 Å². The molecule has 1 aromatic heterocycles. The normalized spacial score (nSPS) is 22.9. The Bertz CT molecular complexity index is 1240. The van der Waals surface area contributed by atoms with E-state index in [2.05, 4.69) is 9.32 Å². The van der Waals surface area contributed by atoms with Crippen LogP contribution in [0.15, 0.2) is 45.8 Å². The van der Waals surface area contributed by atoms with Crippen LogP contribution in [0.2, 0.25) is 10.0 Å². The van der Waals surface area contributed by atoms with Crippen molar-refractivity contribution >= 4 is 23.2 Å². The molecule has 7 nitrogen and oxygen atoms in total. The predicted molar refractivity (Wildman–Crippen MR) is 115 cm³/mol. The van der Waals surface area contributed by atoms with E-state index in [0.717, 1.165) is 28.0 Å². The molecule has 10 heteroatoms. The molecule has 3 atom stereocenters. The average molecular weight is 481 g/mol. The fraction of sp³-hybridized carbons (Fsp3) is 0.318. The van der Waals surface area contributed by atoms with Gasteiger partial charge in [-0.1, -0.05) is 23.2 Å². The molecule has 32 heavy (non-hydrogen) atoms. The predicted octanol–water partition coefficient (Wildman–Crippen LogP) is 3.69. The Morgan fingerprint density at radius 1 is 1.22 bits per heavy atom. The third-order valence-corrected chi connectivity index (χ3v) is 6.59. The number of likely N-dealkylation sites (tertiary alicyclic amines) is 1. The van der Waals surface area contributed by atoms with Crippen LogP contribution in [-0.2, 0) is 6.42 Å². The highest BCUT2D eigenvalue weighted by molar-refractivity contribution is 6.35. The van der Waals surface area contributed by atoms with Crippen LogP contribution < -0.4 is 10.5 Å². The maximum Gasteiger partial charge on any atom is 0.426 e. The molecular weight excluding hydrogens is 462 g/mol. The second-order valence-electron chi connectivity index (χ2n) is 8.01. The molecular formula is C22H19Cl2FN2O5. The maximum absolute atomic E-state index is 14.8. The largest absolute Gasteiger partial charge is 0.492 e. The molecule has 2 N–H and O–H groups in total. The van der Waals surface area contributed by atoms with E-state index in [1.807, 2.05) is 0 Å². The van der Waals surface area contributed by atoms with E-state index < -0.39 is 29.7 Å². The third-order valence-electron chi connectivity index (χ3n) is 6.03. The number of aromatic hydroxyl groups is 1. The van der Waals surface area contributed by atoms with Crippen molar-refractivity contribution in [3.05, 3.63) is 74.1 Å². The standard InChI is InChI=1S/C22H19Cl2FN2O5/c23-11-5-15-14(16(24)6-11)8-18(26-4-3-13(28)9-26)21(15)32-19-7-12(1-2-17(19)25)27-20(29)10-31-22(27)30/h1-2,5-7,10,13,18,21,28-29H,3-4,8-9H2/t13-,18+,21+/m1/s1. The first kappa shape index (κ1) is 21.3. The summed E-state index contributed by atoms with van der Waals surface area (Å²) in [5.74, 6) is -1.96. The average Bonchev–Trinajstić information content (AvgIpc) is 3.42. The minimum atomic E-state index is -0.811. The number of hydrogen-bond acceptors (Lipinski definition) is 6. The van der Waals surface area contributed by atoms with Crippen LogP contribution in [0.1, 0.15) is 23.7 Å². The van der Waals surface area contributed by atoms with Gasteiger partial charge in [0.05, 0.1) is 17.8 Å². The van der Waals surface area contributed by atoms with Gasteiger partial charge < -0.3 is 19.4 Å². The van der Waals surface area contributed by atoms with Gasteiger partial charge in [-0.05, 0) is 42.7 Å². The Morgan fingerprint density at radius 3 is 2.72 bits per heavy atom. The molecule has 2 aromatic carbocycles. The monoisotopic (exact) mass is 480 g/mol. The Labute approximate surface area is 192 Å². The van der Waals surface area contributed by atoms with Crippen molar-refractivity contribution < 1.29 is 23.8 Å². The number of aliphatic hydroxyl groups is 1. The quantitative estimate of drug-likeness (QED) is 0.591. The molecule has 1 fully saturated rings. The summed E-state index contributed by atoms with van der Waals surface area (Å²) in [6.45, 7) is 1.15. The number of rotatable bonds is 4. The summed E-state index contributed by atoms with van der Waals surface area (Å²) in [6, 6.07) is 7.05. The van der Waals surface area contributed by atoms with Crippen molar-refractivity contribution in [3.8, 4) is 17.3 Å². The van der Waals surface area contributed by atoms with E-state index in [9.17, 15) is 19.4 Å². The first-order chi connectivity index (χ1) is 15.3. The summed E-state index contributed by atoms with van der Waals surface area (Å²) in [5, 5.41) is 20.9. The zero-order chi connectivity index (χ0) is 22.6. The number of aliphatic hydroxyl groups excluding tert-OH is 1. The molecule has 5 rings (SSSR count). The Hall–Kier alpha value is -2.52. The van der Waals surface area contributed by atoms with Crippen molar-refractivity contribution in [2.45, 2.75) is 31.1 Å². The Kier molecular flexibility index (Phi) is 5.41. The Balaban J connectivity index is 1.55. The molecule has 0 unspecified atom stereocenters. The highest BCUT2D eigenvalue weighted by Crippen LogP contribution is 2.44. The molecule has 0 spiro atoms. The lowest BCUT2D eigenvalue weighted by Crippen LogP contribution is -2.39. The van der Waals surface area contributed by atoms with Crippen LogP contribution in [0.4, 0.5) is 4.39 Å². The molecule has 3 aromatic rings. The van der Waals surface area contributed by atoms with E-state index >= 15 is 0 Å². The number of halogens is 3. The van der Waals surface area contributed by atoms with E-state index in [1.54, 1.807) is 12.1 Å². The molecule has 1 aliphatic carbocycles. The minimum absolute atomic E-state index is 0.103. The van der Waals surface area contributed by atoms with Crippen LogP contribution >= 0.6 is 23.2 Å². The van der Waals surface area contributed by atoms with Gasteiger partial charge in [-0.3, -0.25) is 4.90 Å². The van der Waals surface area contributed by atoms with Crippen LogP contribution in [0.3, 0.4) is 0 Å². The van der Waals surface area contributed by atoms with Crippen LogP contribution in [0.25, 0.3) is 5.69 Å². The van der Waals surface area contributed by atoms with Gasteiger partial charge in [-0.2, -0.15) is 0 Å². The van der Waals surface area contributed by atoms with Gasteiger partial charge in [-0.15, -0.1) is 0 Å². The van der Waals surface area contributed by atoms with E-state index in [4.69, 9.17) is 27.9 Å². The van der Waals surface area contributed by atoms with Gasteiger partial charge in [0.1, 0.15) is 6.10 Å². The molecule has 2 aliphatic rings. The molecule has 0 amide bonds. The van der Waals surface area contributed by atoms with Crippen LogP contribution in [0.5, 0.6) is 11.6 Å². The van der Waals surface area contributed by atoms with Gasteiger partial charge in [0.25, 0.3) is 0 Å². The SMILES string of the molecule is O=c1occ(O)n1-c1ccc(F)c(O[C@H]2c3cc(Cl)cc(Cl)c3C[C@@H]2N2CC[C@@H](O)C2)c1. The van der Waals surface area contributed by atoms with Crippen molar-refractivity contribution in [1.82, 2.24) is 9.47 Å². The summed E-state index contributed by atoms with van der Waals surface area (Å²) in [4.78, 5) is 14.0. The molecule has 1 saturated heterocycles. The molecule has 0 radical (unpaired) electrons. The number of aromatic nitrogens is 1. The number of oxazole rings is 1. The number of β-amino-alcohol motifs (C(OH)–C–C–N with tert-alkyl or cyclic N) is 1. The molecule has 168 valence electrons. The summed E-state index contributed by atoms with van der Waals surface area (Å²) in [7, 11) is 0. The minimum Gasteiger partial charge on any atom is -0.492 e. The highest BCUT2D eigenvalue weighted by Gasteiger charge is 2.42. The first-order valence-electron chi connectivity index (χ1n) is 10.1. The zero-order valence-corrected chi connectivity index (χ0v) is 18.2. The van der Waals surface area contributed by atoms with E-state index in [-0.39, 0.29) is 17.5 Å². The smallest absolute Gasteiger partial charge is 0.426 e. The van der Waals surface area contributed by atoms with Gasteiger partial charge in [0.15, 0.2) is 17.8 Å². The second-order valence-corrected chi connectivity index (χ2v) is 8.86. The fourth-order valence-electron chi connectivity index (χ4n) is 4.55. The third kappa shape index (κ3) is 3.67. The summed E-state index contributed by atoms with van der Waals surface area (Å²) >= 11 is 12.7. The summed E-state index contributed by atoms with van der Waals surface area (Å²) < 4.78 is 26.5. The number of hydrogen-bond donors (Lipinski definition) is 2. The van der Waals surface area contributed by atoms with E-state index in [0.29, 0.717) is 36.0 Å². The first-order valence-corrected chi connectivity index (χ1v) is 10.8. The maximum atomic E-state index is 14.8. The van der Waals surface area contributed by atoms with Crippen molar-refractivity contribution in [2.24, 2.45) is 0 Å². The topological polar surface area (TPSA) is 88.1 Å². The van der Waals surface area contributed by atoms with Crippen molar-refractivity contribution in [1.29, 1.82) is 0 Å². The van der Waals surface area contributed by atoms with Crippen molar-refractivity contribution in [3.63, 3.8) is 0 Å². The number of nitrogens with zero attached hydrogens (tertiary/aromatic N) is 2. The molecule has 1 aliphatic heterocycles. The van der Waals surface area contributed by atoms with E-state index in [1.165, 1.54) is 12.1 Å². The number of fused-ring (bicyclic) bond motifs is 1. The molecule has 0 saturated carbocycles. The summed E-state index contributed by atoms with van der Waals surface area (Å²) in [5.41, 5.74) is 1.81. The number of ether oxygens (including phenoxy) is 1. The lowest BCUT2D eigenvalue weighted by atomic mass is 10.1. The number of benzene rings is 2. The van der Waals surface area contributed by atoms with Gasteiger partial charge in [0.2, 0.25) is 5.88 Å². The fourth-order valence-corrected chi connectivity index (χ4v) is 5.13. The lowest BCUT2D eigenvalue weighted by Gasteiger charge is -2.30. The Morgan fingerprint density at radius 2 is 2.03 bits per heavy atom.